The molecule has 1 aliphatic heterocycles. The highest BCUT2D eigenvalue weighted by Crippen LogP contribution is 2.30. The van der Waals surface area contributed by atoms with Crippen molar-refractivity contribution in [2.24, 2.45) is 4.99 Å². The van der Waals surface area contributed by atoms with Crippen LogP contribution in [0, 0.1) is 0 Å². The standard InChI is InChI=1S/C16H20N4OS.HI/c1-20-9-8-17-16(20)18-10-13-15(12-6-4-3-5-7-12)22-14(19-13)11-21-2;/h3-7H,8-11H2,1-2H3,(H,17,18);1H. The van der Waals surface area contributed by atoms with Gasteiger partial charge in [0.25, 0.3) is 0 Å². The highest BCUT2D eigenvalue weighted by molar-refractivity contribution is 14.0. The highest BCUT2D eigenvalue weighted by atomic mass is 127. The van der Waals surface area contributed by atoms with Crippen molar-refractivity contribution in [1.29, 1.82) is 0 Å². The SMILES string of the molecule is COCc1nc(CNC2=NCCN2C)c(-c2ccccc2)s1.I. The van der Waals surface area contributed by atoms with E-state index in [-0.39, 0.29) is 24.0 Å². The minimum Gasteiger partial charge on any atom is -0.378 e. The van der Waals surface area contributed by atoms with Crippen LogP contribution in [-0.4, -0.2) is 43.1 Å². The maximum Gasteiger partial charge on any atom is 0.194 e. The zero-order chi connectivity index (χ0) is 15.4. The predicted octanol–water partition coefficient (Wildman–Crippen LogP) is 2.97. The van der Waals surface area contributed by atoms with Gasteiger partial charge in [0, 0.05) is 20.7 Å². The van der Waals surface area contributed by atoms with Crippen LogP contribution < -0.4 is 5.32 Å². The number of methoxy groups -OCH3 is 1. The first-order chi connectivity index (χ1) is 10.8. The topological polar surface area (TPSA) is 49.8 Å². The van der Waals surface area contributed by atoms with Crippen LogP contribution in [0.1, 0.15) is 10.7 Å². The number of aliphatic imine (C=N–C) groups is 1. The second kappa shape index (κ2) is 8.60. The number of guanidine groups is 1. The van der Waals surface area contributed by atoms with Gasteiger partial charge in [-0.05, 0) is 5.56 Å². The van der Waals surface area contributed by atoms with Crippen LogP contribution in [0.3, 0.4) is 0 Å². The predicted molar refractivity (Wildman–Crippen MR) is 105 cm³/mol. The molecular formula is C16H21IN4OS. The Bertz CT molecular complexity index is 659. The van der Waals surface area contributed by atoms with Crippen LogP contribution in [0.2, 0.25) is 0 Å². The van der Waals surface area contributed by atoms with E-state index >= 15 is 0 Å². The van der Waals surface area contributed by atoms with E-state index in [1.807, 2.05) is 13.1 Å². The third kappa shape index (κ3) is 4.42. The molecule has 0 saturated carbocycles. The smallest absolute Gasteiger partial charge is 0.194 e. The molecule has 2 heterocycles. The van der Waals surface area contributed by atoms with Crippen molar-refractivity contribution in [2.45, 2.75) is 13.2 Å². The summed E-state index contributed by atoms with van der Waals surface area (Å²) in [6.45, 7) is 3.05. The molecule has 1 aromatic heterocycles. The number of hydrogen-bond donors (Lipinski definition) is 1. The average Bonchev–Trinajstić information content (AvgIpc) is 3.13. The Kier molecular flexibility index (Phi) is 6.79. The number of likely N-dealkylation sites (N-methyl/N-ethyl adjacent to an activating group) is 1. The lowest BCUT2D eigenvalue weighted by Crippen LogP contribution is -2.35. The molecular weight excluding hydrogens is 423 g/mol. The Hall–Kier alpha value is -1.19. The zero-order valence-corrected chi connectivity index (χ0v) is 16.4. The van der Waals surface area contributed by atoms with Gasteiger partial charge in [0.2, 0.25) is 0 Å². The van der Waals surface area contributed by atoms with Crippen LogP contribution in [0.5, 0.6) is 0 Å². The Morgan fingerprint density at radius 2 is 2.09 bits per heavy atom. The molecule has 23 heavy (non-hydrogen) atoms. The number of benzene rings is 1. The highest BCUT2D eigenvalue weighted by Gasteiger charge is 2.16. The van der Waals surface area contributed by atoms with Crippen LogP contribution in [0.25, 0.3) is 10.4 Å². The van der Waals surface area contributed by atoms with E-state index in [1.54, 1.807) is 18.4 Å². The summed E-state index contributed by atoms with van der Waals surface area (Å²) in [5.74, 6) is 0.945. The first kappa shape index (κ1) is 18.2. The summed E-state index contributed by atoms with van der Waals surface area (Å²) in [6.07, 6.45) is 0. The van der Waals surface area contributed by atoms with E-state index in [9.17, 15) is 0 Å². The summed E-state index contributed by atoms with van der Waals surface area (Å²) >= 11 is 1.69. The van der Waals surface area contributed by atoms with Crippen molar-refractivity contribution < 1.29 is 4.74 Å². The van der Waals surface area contributed by atoms with E-state index in [0.29, 0.717) is 13.2 Å². The Balaban J connectivity index is 0.00000192. The van der Waals surface area contributed by atoms with Gasteiger partial charge in [-0.3, -0.25) is 4.99 Å². The van der Waals surface area contributed by atoms with Gasteiger partial charge in [-0.25, -0.2) is 4.98 Å². The number of halogens is 1. The van der Waals surface area contributed by atoms with Gasteiger partial charge in [0.1, 0.15) is 5.01 Å². The summed E-state index contributed by atoms with van der Waals surface area (Å²) in [5.41, 5.74) is 2.24. The fourth-order valence-corrected chi connectivity index (χ4v) is 3.46. The molecule has 7 heteroatoms. The van der Waals surface area contributed by atoms with E-state index in [2.05, 4.69) is 39.5 Å². The van der Waals surface area contributed by atoms with E-state index in [0.717, 1.165) is 29.8 Å². The zero-order valence-electron chi connectivity index (χ0n) is 13.3. The number of rotatable bonds is 5. The van der Waals surface area contributed by atoms with Crippen LogP contribution in [0.15, 0.2) is 35.3 Å². The number of aromatic nitrogens is 1. The molecule has 1 aromatic carbocycles. The van der Waals surface area contributed by atoms with E-state index in [4.69, 9.17) is 9.72 Å². The van der Waals surface area contributed by atoms with Gasteiger partial charge in [-0.15, -0.1) is 35.3 Å². The molecule has 0 saturated heterocycles. The molecule has 0 radical (unpaired) electrons. The minimum absolute atomic E-state index is 0. The molecule has 3 rings (SSSR count). The van der Waals surface area contributed by atoms with Crippen LogP contribution >= 0.6 is 35.3 Å². The first-order valence-electron chi connectivity index (χ1n) is 7.30. The number of thiazole rings is 1. The number of ether oxygens (including phenoxy) is 1. The van der Waals surface area contributed by atoms with Gasteiger partial charge in [0.05, 0.1) is 30.3 Å². The Morgan fingerprint density at radius 3 is 2.74 bits per heavy atom. The van der Waals surface area contributed by atoms with Gasteiger partial charge < -0.3 is 15.0 Å². The Morgan fingerprint density at radius 1 is 1.30 bits per heavy atom. The molecule has 1 aliphatic rings. The molecule has 0 aliphatic carbocycles. The van der Waals surface area contributed by atoms with Gasteiger partial charge in [-0.2, -0.15) is 0 Å². The van der Waals surface area contributed by atoms with Crippen molar-refractivity contribution >= 4 is 41.3 Å². The molecule has 0 unspecified atom stereocenters. The Labute approximate surface area is 157 Å². The lowest BCUT2D eigenvalue weighted by Gasteiger charge is -2.14. The lowest BCUT2D eigenvalue weighted by atomic mass is 10.1. The summed E-state index contributed by atoms with van der Waals surface area (Å²) in [5, 5.41) is 4.39. The van der Waals surface area contributed by atoms with Crippen molar-refractivity contribution in [2.75, 3.05) is 27.2 Å². The van der Waals surface area contributed by atoms with Gasteiger partial charge >= 0.3 is 0 Å². The third-order valence-electron chi connectivity index (χ3n) is 3.52. The monoisotopic (exact) mass is 444 g/mol. The maximum absolute atomic E-state index is 5.22. The first-order valence-corrected chi connectivity index (χ1v) is 8.12. The fourth-order valence-electron chi connectivity index (χ4n) is 2.41. The normalized spacial score (nSPS) is 13.7. The minimum atomic E-state index is 0. The number of nitrogens with one attached hydrogen (secondary N) is 1. The van der Waals surface area contributed by atoms with Crippen LogP contribution in [-0.2, 0) is 17.9 Å². The summed E-state index contributed by atoms with van der Waals surface area (Å²) in [7, 11) is 3.75. The lowest BCUT2D eigenvalue weighted by molar-refractivity contribution is 0.184. The van der Waals surface area contributed by atoms with Crippen molar-refractivity contribution in [3.63, 3.8) is 0 Å². The average molecular weight is 444 g/mol. The van der Waals surface area contributed by atoms with E-state index < -0.39 is 0 Å². The molecule has 0 amide bonds. The molecule has 1 N–H and O–H groups in total. The number of nitrogens with zero attached hydrogens (tertiary/aromatic N) is 3. The largest absolute Gasteiger partial charge is 0.378 e. The molecule has 2 aromatic rings. The molecule has 0 bridgehead atoms. The van der Waals surface area contributed by atoms with Crippen molar-refractivity contribution in [1.82, 2.24) is 15.2 Å². The summed E-state index contributed by atoms with van der Waals surface area (Å²) < 4.78 is 5.22. The second-order valence-electron chi connectivity index (χ2n) is 5.16. The quantitative estimate of drug-likeness (QED) is 0.721. The van der Waals surface area contributed by atoms with Crippen molar-refractivity contribution in [3.8, 4) is 10.4 Å². The summed E-state index contributed by atoms with van der Waals surface area (Å²) in [6, 6.07) is 10.4. The van der Waals surface area contributed by atoms with Crippen LogP contribution in [0.4, 0.5) is 0 Å². The van der Waals surface area contributed by atoms with Gasteiger partial charge in [0.15, 0.2) is 5.96 Å². The summed E-state index contributed by atoms with van der Waals surface area (Å²) in [4.78, 5) is 12.5. The molecule has 0 fully saturated rings. The van der Waals surface area contributed by atoms with Gasteiger partial charge in [-0.1, -0.05) is 30.3 Å². The fraction of sp³-hybridized carbons (Fsp3) is 0.375. The molecule has 0 atom stereocenters. The molecule has 0 spiro atoms. The molecule has 124 valence electrons. The van der Waals surface area contributed by atoms with Crippen molar-refractivity contribution in [3.05, 3.63) is 41.0 Å². The maximum atomic E-state index is 5.22. The molecule has 5 nitrogen and oxygen atoms in total. The number of hydrogen-bond acceptors (Lipinski definition) is 6. The third-order valence-corrected chi connectivity index (χ3v) is 4.64. The second-order valence-corrected chi connectivity index (χ2v) is 6.25. The van der Waals surface area contributed by atoms with E-state index in [1.165, 1.54) is 10.4 Å².